The lowest BCUT2D eigenvalue weighted by molar-refractivity contribution is -0.139. The number of rotatable bonds is 7. The summed E-state index contributed by atoms with van der Waals surface area (Å²) < 4.78 is 0. The number of nitrogens with one attached hydrogen (secondary N) is 1. The molecule has 104 valence electrons. The van der Waals surface area contributed by atoms with Gasteiger partial charge in [-0.3, -0.25) is 4.79 Å². The summed E-state index contributed by atoms with van der Waals surface area (Å²) >= 11 is 0. The number of carboxylic acids is 1. The fourth-order valence-corrected chi connectivity index (χ4v) is 1.28. The van der Waals surface area contributed by atoms with Crippen molar-refractivity contribution >= 4 is 17.9 Å². The third-order valence-electron chi connectivity index (χ3n) is 2.16. The number of amides is 3. The molecule has 8 heteroatoms. The third kappa shape index (κ3) is 6.69. The fourth-order valence-electron chi connectivity index (χ4n) is 1.28. The lowest BCUT2D eigenvalue weighted by Gasteiger charge is -2.22. The standard InChI is InChI=1S/C10H19N3O5/c1-6(14)5-13(2)10(18)12-7(9(16)17)3-4-8(11)15/h6-7,14H,3-5H2,1-2H3,(H2,11,15)(H,12,18)(H,16,17)/t6?,7-/m0/s1. The summed E-state index contributed by atoms with van der Waals surface area (Å²) in [5.74, 6) is -1.87. The van der Waals surface area contributed by atoms with Crippen LogP contribution in [0.1, 0.15) is 19.8 Å². The van der Waals surface area contributed by atoms with E-state index in [4.69, 9.17) is 15.9 Å². The number of carbonyl (C=O) groups excluding carboxylic acids is 2. The van der Waals surface area contributed by atoms with Crippen LogP contribution in [-0.4, -0.2) is 58.8 Å². The van der Waals surface area contributed by atoms with Gasteiger partial charge in [0, 0.05) is 20.0 Å². The van der Waals surface area contributed by atoms with Gasteiger partial charge in [-0.2, -0.15) is 0 Å². The highest BCUT2D eigenvalue weighted by atomic mass is 16.4. The van der Waals surface area contributed by atoms with E-state index in [0.29, 0.717) is 0 Å². The maximum absolute atomic E-state index is 11.6. The Bertz CT molecular complexity index is 319. The number of aliphatic hydroxyl groups excluding tert-OH is 1. The van der Waals surface area contributed by atoms with Gasteiger partial charge in [0.2, 0.25) is 5.91 Å². The largest absolute Gasteiger partial charge is 0.480 e. The van der Waals surface area contributed by atoms with E-state index in [2.05, 4.69) is 5.32 Å². The lowest BCUT2D eigenvalue weighted by atomic mass is 10.1. The van der Waals surface area contributed by atoms with Crippen molar-refractivity contribution in [2.45, 2.75) is 31.9 Å². The number of aliphatic carboxylic acids is 1. The number of hydrogen-bond donors (Lipinski definition) is 4. The zero-order chi connectivity index (χ0) is 14.3. The van der Waals surface area contributed by atoms with Crippen molar-refractivity contribution in [3.63, 3.8) is 0 Å². The highest BCUT2D eigenvalue weighted by Gasteiger charge is 2.22. The first-order valence-electron chi connectivity index (χ1n) is 5.44. The molecular formula is C10H19N3O5. The first kappa shape index (κ1) is 16.2. The Morgan fingerprint density at radius 3 is 2.33 bits per heavy atom. The van der Waals surface area contributed by atoms with Crippen LogP contribution in [0.4, 0.5) is 4.79 Å². The first-order chi connectivity index (χ1) is 8.23. The topological polar surface area (TPSA) is 133 Å². The highest BCUT2D eigenvalue weighted by Crippen LogP contribution is 1.99. The van der Waals surface area contributed by atoms with E-state index in [-0.39, 0.29) is 19.4 Å². The minimum Gasteiger partial charge on any atom is -0.480 e. The number of likely N-dealkylation sites (N-methyl/N-ethyl adjacent to an activating group) is 1. The van der Waals surface area contributed by atoms with Gasteiger partial charge in [0.15, 0.2) is 0 Å². The van der Waals surface area contributed by atoms with Crippen molar-refractivity contribution in [1.29, 1.82) is 0 Å². The van der Waals surface area contributed by atoms with E-state index in [9.17, 15) is 14.4 Å². The minimum absolute atomic E-state index is 0.0705. The van der Waals surface area contributed by atoms with Gasteiger partial charge in [-0.25, -0.2) is 9.59 Å². The molecule has 3 amide bonds. The fraction of sp³-hybridized carbons (Fsp3) is 0.700. The van der Waals surface area contributed by atoms with E-state index in [1.165, 1.54) is 14.0 Å². The lowest BCUT2D eigenvalue weighted by Crippen LogP contribution is -2.48. The van der Waals surface area contributed by atoms with Crippen molar-refractivity contribution in [2.75, 3.05) is 13.6 Å². The number of nitrogens with zero attached hydrogens (tertiary/aromatic N) is 1. The van der Waals surface area contributed by atoms with Gasteiger partial charge in [-0.1, -0.05) is 0 Å². The predicted molar refractivity (Wildman–Crippen MR) is 62.7 cm³/mol. The number of aliphatic hydroxyl groups is 1. The van der Waals surface area contributed by atoms with Crippen molar-refractivity contribution in [1.82, 2.24) is 10.2 Å². The summed E-state index contributed by atoms with van der Waals surface area (Å²) in [4.78, 5) is 34.1. The molecular weight excluding hydrogens is 242 g/mol. The van der Waals surface area contributed by atoms with Crippen molar-refractivity contribution in [3.8, 4) is 0 Å². The van der Waals surface area contributed by atoms with E-state index >= 15 is 0 Å². The number of carbonyl (C=O) groups is 3. The van der Waals surface area contributed by atoms with Gasteiger partial charge >= 0.3 is 12.0 Å². The van der Waals surface area contributed by atoms with Crippen LogP contribution >= 0.6 is 0 Å². The van der Waals surface area contributed by atoms with Crippen LogP contribution in [0.25, 0.3) is 0 Å². The molecule has 0 spiro atoms. The molecule has 0 aliphatic heterocycles. The summed E-state index contributed by atoms with van der Waals surface area (Å²) in [5, 5.41) is 20.2. The maximum atomic E-state index is 11.6. The number of hydrogen-bond acceptors (Lipinski definition) is 4. The predicted octanol–water partition coefficient (Wildman–Crippen LogP) is -1.27. The van der Waals surface area contributed by atoms with Crippen molar-refractivity contribution < 1.29 is 24.6 Å². The Hall–Kier alpha value is -1.83. The van der Waals surface area contributed by atoms with Gasteiger partial charge < -0.3 is 26.2 Å². The average Bonchev–Trinajstić information content (AvgIpc) is 2.21. The summed E-state index contributed by atoms with van der Waals surface area (Å²) in [6, 6.07) is -1.81. The molecule has 0 aromatic heterocycles. The molecule has 2 atom stereocenters. The maximum Gasteiger partial charge on any atom is 0.326 e. The quantitative estimate of drug-likeness (QED) is 0.453. The Morgan fingerprint density at radius 2 is 1.94 bits per heavy atom. The van der Waals surface area contributed by atoms with Crippen LogP contribution in [0.5, 0.6) is 0 Å². The molecule has 0 rings (SSSR count). The average molecular weight is 261 g/mol. The summed E-state index contributed by atoms with van der Waals surface area (Å²) in [7, 11) is 1.43. The molecule has 0 aromatic carbocycles. The molecule has 5 N–H and O–H groups in total. The molecule has 0 aliphatic rings. The summed E-state index contributed by atoms with van der Waals surface area (Å²) in [5.41, 5.74) is 4.91. The van der Waals surface area contributed by atoms with Crippen LogP contribution in [0.2, 0.25) is 0 Å². The van der Waals surface area contributed by atoms with E-state index in [1.54, 1.807) is 0 Å². The summed E-state index contributed by atoms with van der Waals surface area (Å²) in [6.45, 7) is 1.58. The van der Waals surface area contributed by atoms with Crippen LogP contribution in [0.15, 0.2) is 0 Å². The van der Waals surface area contributed by atoms with E-state index < -0.39 is 30.1 Å². The van der Waals surface area contributed by atoms with Crippen LogP contribution in [0, 0.1) is 0 Å². The van der Waals surface area contributed by atoms with E-state index in [1.807, 2.05) is 0 Å². The van der Waals surface area contributed by atoms with Gasteiger partial charge in [0.25, 0.3) is 0 Å². The smallest absolute Gasteiger partial charge is 0.326 e. The van der Waals surface area contributed by atoms with Crippen LogP contribution < -0.4 is 11.1 Å². The molecule has 0 radical (unpaired) electrons. The molecule has 0 aliphatic carbocycles. The number of nitrogens with two attached hydrogens (primary N) is 1. The molecule has 8 nitrogen and oxygen atoms in total. The molecule has 0 heterocycles. The van der Waals surface area contributed by atoms with Crippen molar-refractivity contribution in [2.24, 2.45) is 5.73 Å². The Labute approximate surface area is 105 Å². The van der Waals surface area contributed by atoms with Gasteiger partial charge in [-0.15, -0.1) is 0 Å². The molecule has 0 saturated heterocycles. The number of urea groups is 1. The Kier molecular flexibility index (Phi) is 6.73. The zero-order valence-electron chi connectivity index (χ0n) is 10.4. The molecule has 1 unspecified atom stereocenters. The Balaban J connectivity index is 4.35. The molecule has 0 fully saturated rings. The minimum atomic E-state index is -1.24. The zero-order valence-corrected chi connectivity index (χ0v) is 10.4. The molecule has 0 bridgehead atoms. The van der Waals surface area contributed by atoms with Gasteiger partial charge in [-0.05, 0) is 13.3 Å². The van der Waals surface area contributed by atoms with Crippen LogP contribution in [-0.2, 0) is 9.59 Å². The second kappa shape index (κ2) is 7.49. The molecule has 0 saturated carbocycles. The number of carboxylic acid groups (broad SMARTS) is 1. The molecule has 0 aromatic rings. The normalized spacial score (nSPS) is 13.5. The monoisotopic (exact) mass is 261 g/mol. The Morgan fingerprint density at radius 1 is 1.39 bits per heavy atom. The second-order valence-electron chi connectivity index (χ2n) is 4.07. The third-order valence-corrected chi connectivity index (χ3v) is 2.16. The van der Waals surface area contributed by atoms with Crippen LogP contribution in [0.3, 0.4) is 0 Å². The van der Waals surface area contributed by atoms with Gasteiger partial charge in [0.1, 0.15) is 6.04 Å². The number of primary amides is 1. The van der Waals surface area contributed by atoms with E-state index in [0.717, 1.165) is 4.90 Å². The molecule has 18 heavy (non-hydrogen) atoms. The van der Waals surface area contributed by atoms with Crippen molar-refractivity contribution in [3.05, 3.63) is 0 Å². The SMILES string of the molecule is CC(O)CN(C)C(=O)N[C@@H](CCC(N)=O)C(=O)O. The highest BCUT2D eigenvalue weighted by molar-refractivity contribution is 5.83. The second-order valence-corrected chi connectivity index (χ2v) is 4.07. The van der Waals surface area contributed by atoms with Gasteiger partial charge in [0.05, 0.1) is 6.10 Å². The summed E-state index contributed by atoms with van der Waals surface area (Å²) in [6.07, 6.45) is -0.911. The first-order valence-corrected chi connectivity index (χ1v) is 5.44.